The first-order chi connectivity index (χ1) is 39.0. The van der Waals surface area contributed by atoms with Gasteiger partial charge in [-0.25, -0.2) is 0 Å². The predicted octanol–water partition coefficient (Wildman–Crippen LogP) is 23.4. The van der Waals surface area contributed by atoms with Crippen molar-refractivity contribution in [2.45, 2.75) is 348 Å². The molecule has 0 saturated heterocycles. The van der Waals surface area contributed by atoms with Gasteiger partial charge in [0.15, 0.2) is 6.10 Å². The Balaban J connectivity index is 4.27. The maximum Gasteiger partial charge on any atom is 0.306 e. The summed E-state index contributed by atoms with van der Waals surface area (Å²) in [5, 5.41) is 0. The lowest BCUT2D eigenvalue weighted by molar-refractivity contribution is -0.167. The highest BCUT2D eigenvalue weighted by Crippen LogP contribution is 2.16. The van der Waals surface area contributed by atoms with E-state index in [2.05, 4.69) is 106 Å². The van der Waals surface area contributed by atoms with Gasteiger partial charge in [-0.2, -0.15) is 0 Å². The van der Waals surface area contributed by atoms with Crippen LogP contribution in [0.4, 0.5) is 0 Å². The fourth-order valence-electron chi connectivity index (χ4n) is 9.68. The molecule has 0 radical (unpaired) electrons. The van der Waals surface area contributed by atoms with E-state index in [1.165, 1.54) is 212 Å². The Hall–Kier alpha value is -3.41. The average Bonchev–Trinajstić information content (AvgIpc) is 3.45. The van der Waals surface area contributed by atoms with Crippen LogP contribution in [0.3, 0.4) is 0 Å². The van der Waals surface area contributed by atoms with Crippen molar-refractivity contribution < 1.29 is 28.6 Å². The minimum absolute atomic E-state index is 0.0816. The fraction of sp³-hybridized carbons (Fsp3) is 0.767. The Bertz CT molecular complexity index is 1500. The number of ether oxygens (including phenoxy) is 3. The fourth-order valence-corrected chi connectivity index (χ4v) is 9.68. The summed E-state index contributed by atoms with van der Waals surface area (Å²) in [6.07, 6.45) is 88.9. The molecule has 0 aliphatic heterocycles. The Morgan fingerprint density at radius 3 is 0.759 bits per heavy atom. The number of unbranched alkanes of at least 4 members (excludes halogenated alkanes) is 37. The summed E-state index contributed by atoms with van der Waals surface area (Å²) in [5.41, 5.74) is 0. The molecule has 6 nitrogen and oxygen atoms in total. The smallest absolute Gasteiger partial charge is 0.306 e. The van der Waals surface area contributed by atoms with E-state index in [0.29, 0.717) is 19.3 Å². The van der Waals surface area contributed by atoms with E-state index in [0.717, 1.165) is 89.9 Å². The van der Waals surface area contributed by atoms with Gasteiger partial charge < -0.3 is 14.2 Å². The zero-order valence-electron chi connectivity index (χ0n) is 52.4. The first-order valence-electron chi connectivity index (χ1n) is 34.1. The number of rotatable bonds is 62. The molecule has 1 unspecified atom stereocenters. The van der Waals surface area contributed by atoms with Crippen LogP contribution in [0.15, 0.2) is 85.1 Å². The molecule has 79 heavy (non-hydrogen) atoms. The number of allylic oxidation sites excluding steroid dienone is 14. The van der Waals surface area contributed by atoms with Gasteiger partial charge in [0.05, 0.1) is 0 Å². The summed E-state index contributed by atoms with van der Waals surface area (Å²) in [6, 6.07) is 0. The molecule has 0 amide bonds. The normalized spacial score (nSPS) is 12.6. The molecule has 0 bridgehead atoms. The maximum absolute atomic E-state index is 12.9. The molecule has 6 heteroatoms. The minimum Gasteiger partial charge on any atom is -0.462 e. The zero-order valence-corrected chi connectivity index (χ0v) is 52.4. The van der Waals surface area contributed by atoms with Crippen molar-refractivity contribution >= 4 is 17.9 Å². The van der Waals surface area contributed by atoms with Crippen molar-refractivity contribution in [1.29, 1.82) is 0 Å². The van der Waals surface area contributed by atoms with E-state index in [4.69, 9.17) is 14.2 Å². The van der Waals surface area contributed by atoms with Crippen LogP contribution in [0.1, 0.15) is 342 Å². The lowest BCUT2D eigenvalue weighted by Gasteiger charge is -2.18. The quantitative estimate of drug-likeness (QED) is 0.0261. The highest BCUT2D eigenvalue weighted by atomic mass is 16.6. The monoisotopic (exact) mass is 1100 g/mol. The molecule has 0 aromatic carbocycles. The Morgan fingerprint density at radius 1 is 0.253 bits per heavy atom. The van der Waals surface area contributed by atoms with Crippen LogP contribution in [-0.4, -0.2) is 37.2 Å². The van der Waals surface area contributed by atoms with Gasteiger partial charge in [-0.15, -0.1) is 0 Å². The molecule has 0 N–H and O–H groups in total. The van der Waals surface area contributed by atoms with Crippen molar-refractivity contribution in [1.82, 2.24) is 0 Å². The molecule has 0 aromatic heterocycles. The van der Waals surface area contributed by atoms with Gasteiger partial charge in [0.25, 0.3) is 0 Å². The van der Waals surface area contributed by atoms with Crippen molar-refractivity contribution in [2.75, 3.05) is 13.2 Å². The standard InChI is InChI=1S/C73H128O6/c1-4-7-10-13-16-19-22-24-26-28-30-32-34-36-38-40-42-44-46-48-51-54-57-60-63-66-72(75)78-69-70(68-77-71(74)65-62-59-56-53-50-21-18-15-12-9-6-3)79-73(76)67-64-61-58-55-52-49-47-45-43-41-39-37-35-33-31-29-27-25-23-20-17-14-11-8-5-2/h15,18,22-25,28-31,34-37,70H,4-14,16-17,19-21,26-27,32-33,38-69H2,1-3H3/b18-15-,24-22-,25-23-,30-28-,31-29-,36-34-,37-35-. The van der Waals surface area contributed by atoms with Crippen LogP contribution >= 0.6 is 0 Å². The number of carbonyl (C=O) groups excluding carboxylic acids is 3. The van der Waals surface area contributed by atoms with Gasteiger partial charge in [0.2, 0.25) is 0 Å². The maximum atomic E-state index is 12.9. The average molecular weight is 1100 g/mol. The second-order valence-electron chi connectivity index (χ2n) is 22.7. The van der Waals surface area contributed by atoms with Crippen molar-refractivity contribution in [3.05, 3.63) is 85.1 Å². The van der Waals surface area contributed by atoms with Crippen LogP contribution in [0.2, 0.25) is 0 Å². The SMILES string of the molecule is CCCC/C=C\CCCCCCCC(=O)OCC(COC(=O)CCCCCCCCCCCC/C=C\C/C=C\C/C=C\CCCCCCC)OC(=O)CCCCCCCCCCCC/C=C\C/C=C\C/C=C\CCCCCCC. The largest absolute Gasteiger partial charge is 0.462 e. The van der Waals surface area contributed by atoms with Crippen LogP contribution < -0.4 is 0 Å². The minimum atomic E-state index is -0.785. The molecule has 456 valence electrons. The van der Waals surface area contributed by atoms with E-state index >= 15 is 0 Å². The summed E-state index contributed by atoms with van der Waals surface area (Å²) in [4.78, 5) is 38.3. The van der Waals surface area contributed by atoms with Crippen molar-refractivity contribution in [3.63, 3.8) is 0 Å². The van der Waals surface area contributed by atoms with E-state index in [1.54, 1.807) is 0 Å². The summed E-state index contributed by atoms with van der Waals surface area (Å²) in [7, 11) is 0. The van der Waals surface area contributed by atoms with Crippen LogP contribution in [0, 0.1) is 0 Å². The van der Waals surface area contributed by atoms with Crippen LogP contribution in [0.5, 0.6) is 0 Å². The molecule has 0 heterocycles. The van der Waals surface area contributed by atoms with E-state index < -0.39 is 6.10 Å². The topological polar surface area (TPSA) is 78.9 Å². The van der Waals surface area contributed by atoms with Crippen molar-refractivity contribution in [3.8, 4) is 0 Å². The molecular weight excluding hydrogens is 973 g/mol. The molecule has 0 saturated carbocycles. The molecule has 0 aromatic rings. The summed E-state index contributed by atoms with van der Waals surface area (Å²) < 4.78 is 16.9. The zero-order chi connectivity index (χ0) is 57.1. The van der Waals surface area contributed by atoms with Gasteiger partial charge in [-0.1, -0.05) is 292 Å². The number of hydrogen-bond donors (Lipinski definition) is 0. The summed E-state index contributed by atoms with van der Waals surface area (Å²) in [5.74, 6) is -0.886. The Labute approximate surface area is 490 Å². The van der Waals surface area contributed by atoms with Gasteiger partial charge in [0.1, 0.15) is 13.2 Å². The lowest BCUT2D eigenvalue weighted by Crippen LogP contribution is -2.30. The number of hydrogen-bond acceptors (Lipinski definition) is 6. The van der Waals surface area contributed by atoms with E-state index in [-0.39, 0.29) is 31.1 Å². The first-order valence-corrected chi connectivity index (χ1v) is 34.1. The molecule has 0 fully saturated rings. The van der Waals surface area contributed by atoms with Gasteiger partial charge in [-0.05, 0) is 116 Å². The summed E-state index contributed by atoms with van der Waals surface area (Å²) >= 11 is 0. The number of carbonyl (C=O) groups is 3. The van der Waals surface area contributed by atoms with Gasteiger partial charge in [0, 0.05) is 19.3 Å². The highest BCUT2D eigenvalue weighted by molar-refractivity contribution is 5.71. The second-order valence-corrected chi connectivity index (χ2v) is 22.7. The molecule has 0 aliphatic rings. The highest BCUT2D eigenvalue weighted by Gasteiger charge is 2.19. The third kappa shape index (κ3) is 65.3. The van der Waals surface area contributed by atoms with Crippen LogP contribution in [-0.2, 0) is 28.6 Å². The van der Waals surface area contributed by atoms with Crippen molar-refractivity contribution in [2.24, 2.45) is 0 Å². The molecule has 0 aliphatic carbocycles. The van der Waals surface area contributed by atoms with E-state index in [1.807, 2.05) is 0 Å². The van der Waals surface area contributed by atoms with Gasteiger partial charge in [-0.3, -0.25) is 14.4 Å². The molecular formula is C73H128O6. The second kappa shape index (κ2) is 67.1. The Kier molecular flexibility index (Phi) is 64.2. The molecule has 0 rings (SSSR count). The molecule has 1 atom stereocenters. The van der Waals surface area contributed by atoms with E-state index in [9.17, 15) is 14.4 Å². The number of esters is 3. The van der Waals surface area contributed by atoms with Crippen LogP contribution in [0.25, 0.3) is 0 Å². The predicted molar refractivity (Wildman–Crippen MR) is 344 cm³/mol. The third-order valence-electron chi connectivity index (χ3n) is 14.8. The summed E-state index contributed by atoms with van der Waals surface area (Å²) in [6.45, 7) is 6.60. The molecule has 0 spiro atoms. The van der Waals surface area contributed by atoms with Gasteiger partial charge >= 0.3 is 17.9 Å². The Morgan fingerprint density at radius 2 is 0.468 bits per heavy atom. The lowest BCUT2D eigenvalue weighted by atomic mass is 10.0. The first kappa shape index (κ1) is 75.6. The third-order valence-corrected chi connectivity index (χ3v) is 14.8.